The van der Waals surface area contributed by atoms with E-state index in [2.05, 4.69) is 48.3 Å². The molecule has 0 aliphatic rings. The highest BCUT2D eigenvalue weighted by atomic mass is 16.5. The maximum absolute atomic E-state index is 12.2. The van der Waals surface area contributed by atoms with Crippen LogP contribution >= 0.6 is 0 Å². The monoisotopic (exact) mass is 340 g/mol. The Balaban J connectivity index is 1.86. The molecular formula is C21H28N2O2. The predicted octanol–water partition coefficient (Wildman–Crippen LogP) is 3.60. The Morgan fingerprint density at radius 3 is 2.04 bits per heavy atom. The highest BCUT2D eigenvalue weighted by Gasteiger charge is 2.06. The quantitative estimate of drug-likeness (QED) is 0.758. The number of rotatable bonds is 9. The van der Waals surface area contributed by atoms with Gasteiger partial charge in [-0.15, -0.1) is 0 Å². The van der Waals surface area contributed by atoms with E-state index in [1.54, 1.807) is 7.11 Å². The normalized spacial score (nSPS) is 10.9. The predicted molar refractivity (Wildman–Crippen MR) is 101 cm³/mol. The third kappa shape index (κ3) is 6.00. The Hall–Kier alpha value is -2.17. The van der Waals surface area contributed by atoms with E-state index in [9.17, 15) is 4.79 Å². The first kappa shape index (κ1) is 19.2. The first-order valence-electron chi connectivity index (χ1n) is 8.82. The zero-order chi connectivity index (χ0) is 18.1. The highest BCUT2D eigenvalue weighted by Crippen LogP contribution is 2.09. The largest absolute Gasteiger partial charge is 0.380 e. The fourth-order valence-electron chi connectivity index (χ4n) is 2.67. The molecule has 2 aromatic rings. The van der Waals surface area contributed by atoms with Crippen molar-refractivity contribution in [3.05, 3.63) is 70.8 Å². The van der Waals surface area contributed by atoms with Crippen molar-refractivity contribution in [3.8, 4) is 0 Å². The molecule has 0 aromatic heterocycles. The van der Waals surface area contributed by atoms with Crippen LogP contribution < -0.4 is 5.32 Å². The molecule has 0 heterocycles. The zero-order valence-electron chi connectivity index (χ0n) is 15.4. The summed E-state index contributed by atoms with van der Waals surface area (Å²) < 4.78 is 5.08. The second kappa shape index (κ2) is 9.97. The summed E-state index contributed by atoms with van der Waals surface area (Å²) in [5, 5.41) is 2.97. The van der Waals surface area contributed by atoms with Gasteiger partial charge in [0.15, 0.2) is 0 Å². The molecule has 0 atom stereocenters. The van der Waals surface area contributed by atoms with Gasteiger partial charge in [0.25, 0.3) is 5.91 Å². The number of hydrogen-bond acceptors (Lipinski definition) is 3. The van der Waals surface area contributed by atoms with Crippen molar-refractivity contribution < 1.29 is 9.53 Å². The number of ether oxygens (including phenoxy) is 1. The number of nitrogens with one attached hydrogen (secondary N) is 1. The third-order valence-corrected chi connectivity index (χ3v) is 4.30. The standard InChI is InChI=1S/C21H28N2O2/c1-4-23(5-2)15-18-8-6-17(7-9-18)14-22-21(24)20-12-10-19(11-13-20)16-25-3/h6-13H,4-5,14-16H2,1-3H3,(H,22,24). The molecule has 0 bridgehead atoms. The van der Waals surface area contributed by atoms with E-state index in [0.717, 1.165) is 30.8 Å². The van der Waals surface area contributed by atoms with Crippen LogP contribution in [0.3, 0.4) is 0 Å². The van der Waals surface area contributed by atoms with Crippen molar-refractivity contribution in [2.75, 3.05) is 20.2 Å². The Labute approximate surface area is 150 Å². The van der Waals surface area contributed by atoms with Crippen LogP contribution in [0.15, 0.2) is 48.5 Å². The second-order valence-electron chi connectivity index (χ2n) is 6.09. The van der Waals surface area contributed by atoms with Crippen LogP contribution in [-0.4, -0.2) is 31.0 Å². The number of carbonyl (C=O) groups excluding carboxylic acids is 1. The van der Waals surface area contributed by atoms with Gasteiger partial charge in [-0.3, -0.25) is 9.69 Å². The summed E-state index contributed by atoms with van der Waals surface area (Å²) in [6, 6.07) is 15.9. The van der Waals surface area contributed by atoms with Crippen LogP contribution in [0, 0.1) is 0 Å². The fourth-order valence-corrected chi connectivity index (χ4v) is 2.67. The molecular weight excluding hydrogens is 312 g/mol. The number of hydrogen-bond donors (Lipinski definition) is 1. The number of benzene rings is 2. The van der Waals surface area contributed by atoms with Crippen LogP contribution in [0.2, 0.25) is 0 Å². The minimum Gasteiger partial charge on any atom is -0.380 e. The van der Waals surface area contributed by atoms with E-state index in [1.807, 2.05) is 24.3 Å². The molecule has 2 aromatic carbocycles. The maximum Gasteiger partial charge on any atom is 0.251 e. The Morgan fingerprint density at radius 1 is 0.920 bits per heavy atom. The second-order valence-corrected chi connectivity index (χ2v) is 6.09. The van der Waals surface area contributed by atoms with Crippen LogP contribution in [0.5, 0.6) is 0 Å². The Morgan fingerprint density at radius 2 is 1.48 bits per heavy atom. The molecule has 0 spiro atoms. The van der Waals surface area contributed by atoms with Gasteiger partial charge in [0.1, 0.15) is 0 Å². The molecule has 2 rings (SSSR count). The van der Waals surface area contributed by atoms with Gasteiger partial charge >= 0.3 is 0 Å². The summed E-state index contributed by atoms with van der Waals surface area (Å²) >= 11 is 0. The molecule has 4 heteroatoms. The summed E-state index contributed by atoms with van der Waals surface area (Å²) in [5.41, 5.74) is 4.13. The molecule has 134 valence electrons. The summed E-state index contributed by atoms with van der Waals surface area (Å²) in [7, 11) is 1.66. The van der Waals surface area contributed by atoms with E-state index in [-0.39, 0.29) is 5.91 Å². The smallest absolute Gasteiger partial charge is 0.251 e. The zero-order valence-corrected chi connectivity index (χ0v) is 15.4. The van der Waals surface area contributed by atoms with Gasteiger partial charge in [0, 0.05) is 25.8 Å². The van der Waals surface area contributed by atoms with Crippen molar-refractivity contribution in [3.63, 3.8) is 0 Å². The Kier molecular flexibility index (Phi) is 7.64. The third-order valence-electron chi connectivity index (χ3n) is 4.30. The average molecular weight is 340 g/mol. The molecule has 0 unspecified atom stereocenters. The van der Waals surface area contributed by atoms with Crippen molar-refractivity contribution in [1.29, 1.82) is 0 Å². The highest BCUT2D eigenvalue weighted by molar-refractivity contribution is 5.94. The van der Waals surface area contributed by atoms with Crippen LogP contribution in [-0.2, 0) is 24.4 Å². The number of amides is 1. The summed E-state index contributed by atoms with van der Waals surface area (Å²) in [5.74, 6) is -0.0591. The lowest BCUT2D eigenvalue weighted by atomic mass is 10.1. The van der Waals surface area contributed by atoms with Gasteiger partial charge in [-0.05, 0) is 41.9 Å². The van der Waals surface area contributed by atoms with Gasteiger partial charge in [0.2, 0.25) is 0 Å². The number of nitrogens with zero attached hydrogens (tertiary/aromatic N) is 1. The van der Waals surface area contributed by atoms with Crippen molar-refractivity contribution in [2.45, 2.75) is 33.5 Å². The first-order chi connectivity index (χ1) is 12.2. The SMILES string of the molecule is CCN(CC)Cc1ccc(CNC(=O)c2ccc(COC)cc2)cc1. The van der Waals surface area contributed by atoms with Crippen molar-refractivity contribution in [1.82, 2.24) is 10.2 Å². The van der Waals surface area contributed by atoms with Crippen LogP contribution in [0.25, 0.3) is 0 Å². The van der Waals surface area contributed by atoms with Gasteiger partial charge in [-0.25, -0.2) is 0 Å². The fraction of sp³-hybridized carbons (Fsp3) is 0.381. The van der Waals surface area contributed by atoms with E-state index >= 15 is 0 Å². The summed E-state index contributed by atoms with van der Waals surface area (Å²) in [6.07, 6.45) is 0. The maximum atomic E-state index is 12.2. The van der Waals surface area contributed by atoms with Gasteiger partial charge in [-0.2, -0.15) is 0 Å². The van der Waals surface area contributed by atoms with Gasteiger partial charge < -0.3 is 10.1 Å². The minimum absolute atomic E-state index is 0.0591. The number of carbonyl (C=O) groups is 1. The number of methoxy groups -OCH3 is 1. The molecule has 1 N–H and O–H groups in total. The molecule has 0 saturated carbocycles. The molecule has 0 aliphatic carbocycles. The lowest BCUT2D eigenvalue weighted by molar-refractivity contribution is 0.0951. The molecule has 0 aliphatic heterocycles. The van der Waals surface area contributed by atoms with Crippen molar-refractivity contribution in [2.24, 2.45) is 0 Å². The van der Waals surface area contributed by atoms with Crippen molar-refractivity contribution >= 4 is 5.91 Å². The molecule has 25 heavy (non-hydrogen) atoms. The van der Waals surface area contributed by atoms with Gasteiger partial charge in [-0.1, -0.05) is 50.2 Å². The molecule has 1 amide bonds. The molecule has 4 nitrogen and oxygen atoms in total. The lowest BCUT2D eigenvalue weighted by Crippen LogP contribution is -2.23. The molecule has 0 saturated heterocycles. The molecule has 0 radical (unpaired) electrons. The van der Waals surface area contributed by atoms with Gasteiger partial charge in [0.05, 0.1) is 6.61 Å². The van der Waals surface area contributed by atoms with Crippen LogP contribution in [0.1, 0.15) is 40.9 Å². The average Bonchev–Trinajstić information content (AvgIpc) is 2.66. The first-order valence-corrected chi connectivity index (χ1v) is 8.82. The summed E-state index contributed by atoms with van der Waals surface area (Å²) in [6.45, 7) is 8.51. The summed E-state index contributed by atoms with van der Waals surface area (Å²) in [4.78, 5) is 14.6. The lowest BCUT2D eigenvalue weighted by Gasteiger charge is -2.18. The van der Waals surface area contributed by atoms with E-state index in [0.29, 0.717) is 18.7 Å². The van der Waals surface area contributed by atoms with Crippen LogP contribution in [0.4, 0.5) is 0 Å². The Bertz CT molecular complexity index is 647. The van der Waals surface area contributed by atoms with E-state index in [1.165, 1.54) is 5.56 Å². The van der Waals surface area contributed by atoms with E-state index in [4.69, 9.17) is 4.74 Å². The van der Waals surface area contributed by atoms with E-state index < -0.39 is 0 Å². The topological polar surface area (TPSA) is 41.6 Å². The molecule has 0 fully saturated rings. The minimum atomic E-state index is -0.0591.